The zero-order chi connectivity index (χ0) is 21.4. The lowest BCUT2D eigenvalue weighted by Gasteiger charge is -2.16. The fourth-order valence-electron chi connectivity index (χ4n) is 3.86. The van der Waals surface area contributed by atoms with Gasteiger partial charge in [-0.05, 0) is 85.8 Å². The Hall–Kier alpha value is -3.20. The molecule has 4 aromatic rings. The van der Waals surface area contributed by atoms with E-state index in [0.717, 1.165) is 52.2 Å². The summed E-state index contributed by atoms with van der Waals surface area (Å²) in [4.78, 5) is 8.65. The topological polar surface area (TPSA) is 84.3 Å². The highest BCUT2D eigenvalue weighted by molar-refractivity contribution is 7.99. The average Bonchev–Trinajstić information content (AvgIpc) is 3.52. The molecule has 0 spiro atoms. The quantitative estimate of drug-likeness (QED) is 0.435. The van der Waals surface area contributed by atoms with Crippen LogP contribution in [0.25, 0.3) is 11.1 Å². The number of rotatable bonds is 6. The average molecular weight is 436 g/mol. The van der Waals surface area contributed by atoms with Crippen molar-refractivity contribution in [3.05, 3.63) is 59.8 Å². The van der Waals surface area contributed by atoms with Crippen LogP contribution in [0.4, 0.5) is 16.0 Å². The number of benzene rings is 1. The molecule has 0 amide bonds. The maximum absolute atomic E-state index is 14.8. The molecule has 0 saturated heterocycles. The van der Waals surface area contributed by atoms with E-state index >= 15 is 0 Å². The molecule has 7 nitrogen and oxygen atoms in total. The van der Waals surface area contributed by atoms with E-state index in [1.807, 2.05) is 29.1 Å². The summed E-state index contributed by atoms with van der Waals surface area (Å²) in [7, 11) is 0. The lowest BCUT2D eigenvalue weighted by Crippen LogP contribution is -2.02. The van der Waals surface area contributed by atoms with Gasteiger partial charge in [0.2, 0.25) is 11.1 Å². The molecule has 1 aromatic carbocycles. The van der Waals surface area contributed by atoms with Crippen molar-refractivity contribution in [2.75, 3.05) is 5.32 Å². The number of fused-ring (bicyclic) bond motifs is 1. The van der Waals surface area contributed by atoms with Crippen LogP contribution in [0.3, 0.4) is 0 Å². The number of pyridine rings is 1. The molecule has 5 rings (SSSR count). The number of anilines is 2. The summed E-state index contributed by atoms with van der Waals surface area (Å²) in [5.41, 5.74) is 4.36. The third-order valence-electron chi connectivity index (χ3n) is 5.36. The Bertz CT molecular complexity index is 1220. The molecule has 0 unspecified atom stereocenters. The Labute approximate surface area is 183 Å². The van der Waals surface area contributed by atoms with Gasteiger partial charge in [0.25, 0.3) is 0 Å². The first-order chi connectivity index (χ1) is 15.1. The van der Waals surface area contributed by atoms with Crippen molar-refractivity contribution in [3.8, 4) is 11.1 Å². The molecule has 9 heteroatoms. The van der Waals surface area contributed by atoms with Gasteiger partial charge in [0.1, 0.15) is 10.8 Å². The van der Waals surface area contributed by atoms with Gasteiger partial charge >= 0.3 is 0 Å². The van der Waals surface area contributed by atoms with E-state index in [1.54, 1.807) is 18.5 Å². The third-order valence-corrected chi connectivity index (χ3v) is 6.15. The van der Waals surface area contributed by atoms with E-state index in [2.05, 4.69) is 44.4 Å². The Morgan fingerprint density at radius 3 is 2.74 bits per heavy atom. The van der Waals surface area contributed by atoms with Gasteiger partial charge in [-0.2, -0.15) is 10.1 Å². The number of nitrogens with one attached hydrogen (secondary N) is 2. The van der Waals surface area contributed by atoms with E-state index in [4.69, 9.17) is 0 Å². The first-order valence-electron chi connectivity index (χ1n) is 10.3. The molecule has 0 bridgehead atoms. The summed E-state index contributed by atoms with van der Waals surface area (Å²) in [6.07, 6.45) is 7.89. The molecule has 158 valence electrons. The van der Waals surface area contributed by atoms with Crippen LogP contribution in [0.15, 0.2) is 53.0 Å². The fraction of sp³-hybridized carbons (Fsp3) is 0.273. The third kappa shape index (κ3) is 3.93. The molecule has 0 radical (unpaired) electrons. The van der Waals surface area contributed by atoms with Gasteiger partial charge in [-0.1, -0.05) is 0 Å². The highest BCUT2D eigenvalue weighted by Gasteiger charge is 2.24. The Kier molecular flexibility index (Phi) is 5.19. The monoisotopic (exact) mass is 435 g/mol. The normalized spacial score (nSPS) is 13.0. The van der Waals surface area contributed by atoms with Gasteiger partial charge in [0, 0.05) is 30.2 Å². The van der Waals surface area contributed by atoms with E-state index in [0.29, 0.717) is 17.1 Å². The molecule has 31 heavy (non-hydrogen) atoms. The molecule has 3 aromatic heterocycles. The largest absolute Gasteiger partial charge is 0.324 e. The first kappa shape index (κ1) is 19.7. The number of H-pyrrole nitrogens is 1. The molecule has 2 N–H and O–H groups in total. The molecular formula is C22H22FN7S. The van der Waals surface area contributed by atoms with Crippen molar-refractivity contribution in [3.63, 3.8) is 0 Å². The van der Waals surface area contributed by atoms with Gasteiger partial charge in [-0.15, -0.1) is 5.10 Å². The molecule has 0 fully saturated rings. The Morgan fingerprint density at radius 1 is 1.16 bits per heavy atom. The number of hydrogen-bond acceptors (Lipinski definition) is 6. The summed E-state index contributed by atoms with van der Waals surface area (Å²) < 4.78 is 16.7. The van der Waals surface area contributed by atoms with E-state index in [1.165, 1.54) is 11.8 Å². The Balaban J connectivity index is 1.46. The smallest absolute Gasteiger partial charge is 0.224 e. The van der Waals surface area contributed by atoms with Crippen LogP contribution < -0.4 is 5.32 Å². The molecular weight excluding hydrogens is 413 g/mol. The predicted octanol–water partition coefficient (Wildman–Crippen LogP) is 5.17. The molecule has 3 heterocycles. The van der Waals surface area contributed by atoms with Gasteiger partial charge < -0.3 is 5.32 Å². The van der Waals surface area contributed by atoms with Gasteiger partial charge in [0.15, 0.2) is 0 Å². The van der Waals surface area contributed by atoms with Crippen molar-refractivity contribution in [1.29, 1.82) is 0 Å². The minimum absolute atomic E-state index is 0.153. The van der Waals surface area contributed by atoms with Crippen molar-refractivity contribution < 1.29 is 4.39 Å². The molecule has 0 saturated carbocycles. The number of aromatic nitrogens is 6. The van der Waals surface area contributed by atoms with Crippen molar-refractivity contribution in [2.45, 2.75) is 49.3 Å². The van der Waals surface area contributed by atoms with Crippen LogP contribution in [-0.4, -0.2) is 29.9 Å². The van der Waals surface area contributed by atoms with Crippen LogP contribution in [0.5, 0.6) is 0 Å². The van der Waals surface area contributed by atoms with Gasteiger partial charge in [-0.3, -0.25) is 9.67 Å². The zero-order valence-electron chi connectivity index (χ0n) is 17.3. The second-order valence-corrected chi connectivity index (χ2v) is 8.74. The highest BCUT2D eigenvalue weighted by Crippen LogP contribution is 2.40. The van der Waals surface area contributed by atoms with Crippen LogP contribution in [0.1, 0.15) is 37.4 Å². The minimum atomic E-state index is -0.153. The second-order valence-electron chi connectivity index (χ2n) is 7.75. The lowest BCUT2D eigenvalue weighted by molar-refractivity contribution is 0.522. The highest BCUT2D eigenvalue weighted by atomic mass is 32.2. The summed E-state index contributed by atoms with van der Waals surface area (Å²) in [5.74, 6) is 0.362. The number of halogens is 1. The number of nitrogens with zero attached hydrogens (tertiary/aromatic N) is 5. The van der Waals surface area contributed by atoms with Gasteiger partial charge in [0.05, 0.1) is 5.69 Å². The van der Waals surface area contributed by atoms with E-state index < -0.39 is 0 Å². The summed E-state index contributed by atoms with van der Waals surface area (Å²) in [6.45, 7) is 4.16. The second kappa shape index (κ2) is 8.14. The SMILES string of the molecule is CC(C)n1ccc(Sc2n[nH]c(Nc3c(-c4ccncc4)cc(F)c4c3CCC4)n2)n1. The van der Waals surface area contributed by atoms with Crippen molar-refractivity contribution in [1.82, 2.24) is 29.9 Å². The molecule has 1 aliphatic rings. The standard InChI is InChI=1S/C22H22FN7S/c1-13(2)30-11-8-19(29-30)31-22-26-21(27-28-22)25-20-16-5-3-4-15(16)18(23)12-17(20)14-6-9-24-10-7-14/h6-13H,3-5H2,1-2H3,(H2,25,26,27,28). The van der Waals surface area contributed by atoms with Crippen LogP contribution >= 0.6 is 11.8 Å². The molecule has 1 aliphatic carbocycles. The number of aromatic amines is 1. The maximum Gasteiger partial charge on any atom is 0.224 e. The minimum Gasteiger partial charge on any atom is -0.324 e. The van der Waals surface area contributed by atoms with Crippen molar-refractivity contribution >= 4 is 23.4 Å². The maximum atomic E-state index is 14.8. The summed E-state index contributed by atoms with van der Waals surface area (Å²) >= 11 is 1.39. The number of hydrogen-bond donors (Lipinski definition) is 2. The fourth-order valence-corrected chi connectivity index (χ4v) is 4.54. The van der Waals surface area contributed by atoms with Crippen LogP contribution in [0, 0.1) is 5.82 Å². The van der Waals surface area contributed by atoms with Crippen molar-refractivity contribution in [2.24, 2.45) is 0 Å². The van der Waals surface area contributed by atoms with E-state index in [9.17, 15) is 4.39 Å². The van der Waals surface area contributed by atoms with Gasteiger partial charge in [-0.25, -0.2) is 9.49 Å². The first-order valence-corrected chi connectivity index (χ1v) is 11.1. The Morgan fingerprint density at radius 2 is 1.97 bits per heavy atom. The summed E-state index contributed by atoms with van der Waals surface area (Å²) in [6, 6.07) is 7.61. The molecule has 0 atom stereocenters. The lowest BCUT2D eigenvalue weighted by atomic mass is 9.97. The van der Waals surface area contributed by atoms with E-state index in [-0.39, 0.29) is 5.82 Å². The zero-order valence-corrected chi connectivity index (χ0v) is 18.1. The predicted molar refractivity (Wildman–Crippen MR) is 118 cm³/mol. The molecule has 0 aliphatic heterocycles. The summed E-state index contributed by atoms with van der Waals surface area (Å²) in [5, 5.41) is 16.6. The van der Waals surface area contributed by atoms with Crippen LogP contribution in [-0.2, 0) is 12.8 Å². The van der Waals surface area contributed by atoms with Crippen LogP contribution in [0.2, 0.25) is 0 Å².